The molecule has 2 N–H and O–H groups in total. The van der Waals surface area contributed by atoms with Gasteiger partial charge in [0.2, 0.25) is 0 Å². The van der Waals surface area contributed by atoms with Crippen molar-refractivity contribution in [1.29, 1.82) is 0 Å². The van der Waals surface area contributed by atoms with E-state index in [0.717, 1.165) is 11.6 Å². The predicted molar refractivity (Wildman–Crippen MR) is 73.1 cm³/mol. The van der Waals surface area contributed by atoms with Crippen molar-refractivity contribution in [3.63, 3.8) is 0 Å². The largest absolute Gasteiger partial charge is 0.416 e. The van der Waals surface area contributed by atoms with Crippen LogP contribution in [-0.2, 0) is 12.6 Å². The molecule has 0 saturated carbocycles. The Bertz CT molecular complexity index is 549. The topological polar surface area (TPSA) is 26.0 Å². The molecular formula is C16H16F3N. The molecule has 0 fully saturated rings. The van der Waals surface area contributed by atoms with Crippen LogP contribution in [0.25, 0.3) is 0 Å². The molecule has 0 saturated heterocycles. The van der Waals surface area contributed by atoms with Gasteiger partial charge in [0.1, 0.15) is 0 Å². The van der Waals surface area contributed by atoms with Crippen molar-refractivity contribution < 1.29 is 13.2 Å². The lowest BCUT2D eigenvalue weighted by molar-refractivity contribution is -0.138. The van der Waals surface area contributed by atoms with E-state index in [-0.39, 0.29) is 5.56 Å². The summed E-state index contributed by atoms with van der Waals surface area (Å²) in [5.74, 6) is 0. The van der Waals surface area contributed by atoms with Crippen LogP contribution >= 0.6 is 0 Å². The molecule has 0 amide bonds. The highest BCUT2D eigenvalue weighted by Gasteiger charge is 2.34. The van der Waals surface area contributed by atoms with E-state index < -0.39 is 17.8 Å². The summed E-state index contributed by atoms with van der Waals surface area (Å²) in [6.07, 6.45) is -3.22. The molecule has 0 aromatic heterocycles. The first-order chi connectivity index (χ1) is 9.48. The van der Waals surface area contributed by atoms with Crippen molar-refractivity contribution in [1.82, 2.24) is 0 Å². The third kappa shape index (κ3) is 3.61. The molecule has 2 aromatic carbocycles. The Morgan fingerprint density at radius 2 is 1.50 bits per heavy atom. The third-order valence-corrected chi connectivity index (χ3v) is 3.25. The van der Waals surface area contributed by atoms with Crippen molar-refractivity contribution in [2.75, 3.05) is 0 Å². The van der Waals surface area contributed by atoms with Crippen LogP contribution in [0.3, 0.4) is 0 Å². The highest BCUT2D eigenvalue weighted by atomic mass is 19.4. The molecule has 1 nitrogen and oxygen atoms in total. The van der Waals surface area contributed by atoms with E-state index in [1.807, 2.05) is 30.3 Å². The number of alkyl halides is 3. The van der Waals surface area contributed by atoms with Gasteiger partial charge < -0.3 is 5.73 Å². The van der Waals surface area contributed by atoms with Gasteiger partial charge in [0.25, 0.3) is 0 Å². The van der Waals surface area contributed by atoms with Gasteiger partial charge in [-0.3, -0.25) is 0 Å². The van der Waals surface area contributed by atoms with Gasteiger partial charge in [0.15, 0.2) is 0 Å². The van der Waals surface area contributed by atoms with Crippen LogP contribution in [0.4, 0.5) is 13.2 Å². The first-order valence-corrected chi connectivity index (χ1v) is 6.44. The number of aryl methyl sites for hydroxylation is 1. The Hall–Kier alpha value is -1.81. The predicted octanol–water partition coefficient (Wildman–Crippen LogP) is 4.34. The summed E-state index contributed by atoms with van der Waals surface area (Å²) in [6, 6.07) is 14.5. The van der Waals surface area contributed by atoms with Crippen molar-refractivity contribution in [3.05, 3.63) is 71.3 Å². The summed E-state index contributed by atoms with van der Waals surface area (Å²) in [7, 11) is 0. The molecule has 2 rings (SSSR count). The SMILES string of the molecule is NC(CCc1ccccc1)c1ccccc1C(F)(F)F. The Balaban J connectivity index is 2.12. The lowest BCUT2D eigenvalue weighted by Gasteiger charge is -2.18. The van der Waals surface area contributed by atoms with Crippen LogP contribution in [0.1, 0.15) is 29.2 Å². The van der Waals surface area contributed by atoms with Gasteiger partial charge >= 0.3 is 6.18 Å². The van der Waals surface area contributed by atoms with Gasteiger partial charge in [-0.2, -0.15) is 13.2 Å². The van der Waals surface area contributed by atoms with Gasteiger partial charge in [-0.15, -0.1) is 0 Å². The summed E-state index contributed by atoms with van der Waals surface area (Å²) in [6.45, 7) is 0. The molecule has 0 heterocycles. The molecule has 0 bridgehead atoms. The molecule has 0 spiro atoms. The second kappa shape index (κ2) is 6.09. The maximum Gasteiger partial charge on any atom is 0.416 e. The van der Waals surface area contributed by atoms with Gasteiger partial charge in [-0.05, 0) is 30.0 Å². The van der Waals surface area contributed by atoms with Crippen LogP contribution in [0.15, 0.2) is 54.6 Å². The molecule has 20 heavy (non-hydrogen) atoms. The number of rotatable bonds is 4. The first-order valence-electron chi connectivity index (χ1n) is 6.44. The van der Waals surface area contributed by atoms with E-state index in [1.54, 1.807) is 6.07 Å². The number of halogens is 3. The van der Waals surface area contributed by atoms with E-state index in [2.05, 4.69) is 0 Å². The number of nitrogens with two attached hydrogens (primary N) is 1. The molecule has 1 atom stereocenters. The second-order valence-electron chi connectivity index (χ2n) is 4.72. The Morgan fingerprint density at radius 3 is 2.15 bits per heavy atom. The lowest BCUT2D eigenvalue weighted by Crippen LogP contribution is -2.18. The Labute approximate surface area is 116 Å². The number of benzene rings is 2. The molecule has 2 aromatic rings. The van der Waals surface area contributed by atoms with Gasteiger partial charge in [-0.25, -0.2) is 0 Å². The molecule has 0 radical (unpaired) electrons. The lowest BCUT2D eigenvalue weighted by atomic mass is 9.95. The van der Waals surface area contributed by atoms with E-state index in [9.17, 15) is 13.2 Å². The molecule has 4 heteroatoms. The monoisotopic (exact) mass is 279 g/mol. The summed E-state index contributed by atoms with van der Waals surface area (Å²) >= 11 is 0. The minimum Gasteiger partial charge on any atom is -0.324 e. The quantitative estimate of drug-likeness (QED) is 0.885. The zero-order valence-electron chi connectivity index (χ0n) is 10.9. The molecule has 0 aliphatic rings. The van der Waals surface area contributed by atoms with Crippen LogP contribution in [0.2, 0.25) is 0 Å². The van der Waals surface area contributed by atoms with Crippen molar-refractivity contribution in [3.8, 4) is 0 Å². The third-order valence-electron chi connectivity index (χ3n) is 3.25. The first kappa shape index (κ1) is 14.6. The van der Waals surface area contributed by atoms with E-state index >= 15 is 0 Å². The van der Waals surface area contributed by atoms with Crippen molar-refractivity contribution in [2.24, 2.45) is 5.73 Å². The summed E-state index contributed by atoms with van der Waals surface area (Å²) in [4.78, 5) is 0. The maximum absolute atomic E-state index is 12.9. The highest BCUT2D eigenvalue weighted by molar-refractivity contribution is 5.32. The molecule has 0 aliphatic heterocycles. The van der Waals surface area contributed by atoms with Crippen molar-refractivity contribution >= 4 is 0 Å². The average Bonchev–Trinajstić information content (AvgIpc) is 2.45. The second-order valence-corrected chi connectivity index (χ2v) is 4.72. The molecule has 0 aliphatic carbocycles. The van der Waals surface area contributed by atoms with Crippen LogP contribution in [0, 0.1) is 0 Å². The normalized spacial score (nSPS) is 13.2. The van der Waals surface area contributed by atoms with E-state index in [1.165, 1.54) is 12.1 Å². The van der Waals surface area contributed by atoms with Gasteiger partial charge in [0, 0.05) is 6.04 Å². The molecule has 1 unspecified atom stereocenters. The smallest absolute Gasteiger partial charge is 0.324 e. The van der Waals surface area contributed by atoms with Gasteiger partial charge in [-0.1, -0.05) is 48.5 Å². The minimum absolute atomic E-state index is 0.163. The molecule has 106 valence electrons. The fraction of sp³-hybridized carbons (Fsp3) is 0.250. The summed E-state index contributed by atoms with van der Waals surface area (Å²) in [5.41, 5.74) is 6.54. The Kier molecular flexibility index (Phi) is 4.45. The Morgan fingerprint density at radius 1 is 0.900 bits per heavy atom. The zero-order chi connectivity index (χ0) is 14.6. The minimum atomic E-state index is -4.36. The van der Waals surface area contributed by atoms with Crippen LogP contribution < -0.4 is 5.73 Å². The zero-order valence-corrected chi connectivity index (χ0v) is 10.9. The fourth-order valence-electron chi connectivity index (χ4n) is 2.20. The average molecular weight is 279 g/mol. The number of hydrogen-bond acceptors (Lipinski definition) is 1. The van der Waals surface area contributed by atoms with Crippen LogP contribution in [-0.4, -0.2) is 0 Å². The summed E-state index contributed by atoms with van der Waals surface area (Å²) < 4.78 is 38.7. The maximum atomic E-state index is 12.9. The fourth-order valence-corrected chi connectivity index (χ4v) is 2.20. The van der Waals surface area contributed by atoms with E-state index in [4.69, 9.17) is 5.73 Å². The van der Waals surface area contributed by atoms with Crippen molar-refractivity contribution in [2.45, 2.75) is 25.1 Å². The van der Waals surface area contributed by atoms with Gasteiger partial charge in [0.05, 0.1) is 5.56 Å². The van der Waals surface area contributed by atoms with Crippen LogP contribution in [0.5, 0.6) is 0 Å². The standard InChI is InChI=1S/C16H16F3N/c17-16(18,19)14-9-5-4-8-13(14)15(20)11-10-12-6-2-1-3-7-12/h1-9,15H,10-11,20H2. The summed E-state index contributed by atoms with van der Waals surface area (Å²) in [5, 5.41) is 0. The molecular weight excluding hydrogens is 263 g/mol. The van der Waals surface area contributed by atoms with E-state index in [0.29, 0.717) is 12.8 Å². The highest BCUT2D eigenvalue weighted by Crippen LogP contribution is 2.34. The number of hydrogen-bond donors (Lipinski definition) is 1.